The molecule has 11 heteroatoms. The lowest BCUT2D eigenvalue weighted by molar-refractivity contribution is -0.125. The van der Waals surface area contributed by atoms with Gasteiger partial charge in [-0.3, -0.25) is 19.8 Å². The molecule has 4 heterocycles. The average molecular weight is 479 g/mol. The number of anilines is 1. The molecule has 0 unspecified atom stereocenters. The molecule has 2 aromatic carbocycles. The van der Waals surface area contributed by atoms with E-state index in [1.807, 2.05) is 17.0 Å². The van der Waals surface area contributed by atoms with Gasteiger partial charge in [0.1, 0.15) is 6.04 Å². The zero-order valence-corrected chi connectivity index (χ0v) is 19.0. The number of rotatable bonds is 4. The van der Waals surface area contributed by atoms with E-state index < -0.39 is 6.04 Å². The van der Waals surface area contributed by atoms with E-state index in [2.05, 4.69) is 26.6 Å². The molecular formula is C24H25N5O6. The summed E-state index contributed by atoms with van der Waals surface area (Å²) in [7, 11) is 0. The highest BCUT2D eigenvalue weighted by atomic mass is 16.7. The van der Waals surface area contributed by atoms with Crippen LogP contribution in [0.15, 0.2) is 41.4 Å². The number of aliphatic imine (C=N–C) groups is 1. The molecule has 4 aliphatic rings. The number of ether oxygens (including phenoxy) is 4. The van der Waals surface area contributed by atoms with Gasteiger partial charge in [0.15, 0.2) is 23.0 Å². The van der Waals surface area contributed by atoms with Crippen LogP contribution < -0.4 is 29.6 Å². The minimum absolute atomic E-state index is 0.00393. The lowest BCUT2D eigenvalue weighted by Gasteiger charge is -2.37. The Morgan fingerprint density at radius 3 is 2.40 bits per heavy atom. The molecule has 0 aromatic heterocycles. The summed E-state index contributed by atoms with van der Waals surface area (Å²) >= 11 is 0. The van der Waals surface area contributed by atoms with Crippen molar-refractivity contribution in [2.24, 2.45) is 4.99 Å². The number of hydrogen-bond donors (Lipinski definition) is 2. The number of piperazine rings is 1. The molecule has 2 N–H and O–H groups in total. The van der Waals surface area contributed by atoms with Crippen molar-refractivity contribution in [3.05, 3.63) is 42.0 Å². The van der Waals surface area contributed by atoms with Gasteiger partial charge in [0.05, 0.1) is 6.42 Å². The first kappa shape index (κ1) is 21.5. The molecular weight excluding hydrogens is 454 g/mol. The van der Waals surface area contributed by atoms with E-state index in [-0.39, 0.29) is 31.8 Å². The molecule has 0 spiro atoms. The standard InChI is InChI=1S/C24H25N5O6/c30-22-11-17(23(31)25-16-2-4-19-21(10-16)35-14-33-19)26-24(27-22)29-7-5-28(6-8-29)12-15-1-3-18-20(9-15)34-13-32-18/h1-4,9-10,17H,5-8,11-14H2,(H,25,31)(H,26,27,30)/t17-/m1/s1. The number of nitrogens with one attached hydrogen (secondary N) is 2. The van der Waals surface area contributed by atoms with Crippen molar-refractivity contribution in [1.82, 2.24) is 15.1 Å². The highest BCUT2D eigenvalue weighted by Gasteiger charge is 2.31. The molecule has 1 fully saturated rings. The zero-order chi connectivity index (χ0) is 23.8. The monoisotopic (exact) mass is 479 g/mol. The summed E-state index contributed by atoms with van der Waals surface area (Å²) in [6.45, 7) is 4.22. The van der Waals surface area contributed by atoms with E-state index in [1.54, 1.807) is 18.2 Å². The maximum absolute atomic E-state index is 12.9. The third-order valence-corrected chi connectivity index (χ3v) is 6.37. The normalized spacial score (nSPS) is 20.9. The van der Waals surface area contributed by atoms with Crippen LogP contribution in [0.5, 0.6) is 23.0 Å². The molecule has 4 aliphatic heterocycles. The fourth-order valence-electron chi connectivity index (χ4n) is 4.50. The lowest BCUT2D eigenvalue weighted by Crippen LogP contribution is -2.56. The Morgan fingerprint density at radius 1 is 0.943 bits per heavy atom. The third-order valence-electron chi connectivity index (χ3n) is 6.37. The van der Waals surface area contributed by atoms with Crippen LogP contribution in [0.3, 0.4) is 0 Å². The molecule has 0 saturated carbocycles. The molecule has 2 aromatic rings. The van der Waals surface area contributed by atoms with Gasteiger partial charge in [-0.15, -0.1) is 0 Å². The smallest absolute Gasteiger partial charge is 0.249 e. The predicted octanol–water partition coefficient (Wildman–Crippen LogP) is 1.14. The summed E-state index contributed by atoms with van der Waals surface area (Å²) in [6.07, 6.45) is 0.00393. The van der Waals surface area contributed by atoms with Crippen LogP contribution in [-0.2, 0) is 16.1 Å². The maximum Gasteiger partial charge on any atom is 0.249 e. The molecule has 2 amide bonds. The number of fused-ring (bicyclic) bond motifs is 2. The number of hydrogen-bond acceptors (Lipinski definition) is 9. The van der Waals surface area contributed by atoms with Crippen molar-refractivity contribution >= 4 is 23.5 Å². The molecule has 1 atom stereocenters. The number of carbonyl (C=O) groups is 2. The summed E-state index contributed by atoms with van der Waals surface area (Å²) in [6, 6.07) is 10.4. The van der Waals surface area contributed by atoms with Gasteiger partial charge in [0.25, 0.3) is 0 Å². The van der Waals surface area contributed by atoms with Crippen LogP contribution in [0.2, 0.25) is 0 Å². The second-order valence-corrected chi connectivity index (χ2v) is 8.73. The maximum atomic E-state index is 12.9. The third kappa shape index (κ3) is 4.54. The van der Waals surface area contributed by atoms with Crippen LogP contribution >= 0.6 is 0 Å². The van der Waals surface area contributed by atoms with Gasteiger partial charge in [0, 0.05) is 44.5 Å². The minimum Gasteiger partial charge on any atom is -0.454 e. The SMILES string of the molecule is O=C1C[C@H](C(=O)Nc2ccc3c(c2)OCO3)N=C(N2CCN(Cc3ccc4c(c3)OCO4)CC2)N1. The van der Waals surface area contributed by atoms with Crippen LogP contribution in [-0.4, -0.2) is 73.4 Å². The van der Waals surface area contributed by atoms with Crippen molar-refractivity contribution in [2.75, 3.05) is 45.1 Å². The first-order chi connectivity index (χ1) is 17.1. The Bertz CT molecular complexity index is 1190. The largest absolute Gasteiger partial charge is 0.454 e. The fourth-order valence-corrected chi connectivity index (χ4v) is 4.50. The number of benzene rings is 2. The van der Waals surface area contributed by atoms with E-state index in [0.29, 0.717) is 36.2 Å². The molecule has 0 aliphatic carbocycles. The first-order valence-electron chi connectivity index (χ1n) is 11.5. The van der Waals surface area contributed by atoms with Crippen molar-refractivity contribution in [2.45, 2.75) is 19.0 Å². The lowest BCUT2D eigenvalue weighted by atomic mass is 10.1. The average Bonchev–Trinajstić information content (AvgIpc) is 3.53. The van der Waals surface area contributed by atoms with Crippen molar-refractivity contribution in [1.29, 1.82) is 0 Å². The minimum atomic E-state index is -0.796. The molecule has 1 saturated heterocycles. The summed E-state index contributed by atoms with van der Waals surface area (Å²) in [5.41, 5.74) is 1.73. The highest BCUT2D eigenvalue weighted by molar-refractivity contribution is 6.06. The predicted molar refractivity (Wildman–Crippen MR) is 125 cm³/mol. The molecule has 0 radical (unpaired) electrons. The zero-order valence-electron chi connectivity index (χ0n) is 19.0. The molecule has 182 valence electrons. The van der Waals surface area contributed by atoms with Gasteiger partial charge in [-0.2, -0.15) is 0 Å². The molecule has 11 nitrogen and oxygen atoms in total. The van der Waals surface area contributed by atoms with Crippen molar-refractivity contribution in [3.8, 4) is 23.0 Å². The second-order valence-electron chi connectivity index (χ2n) is 8.73. The van der Waals surface area contributed by atoms with Gasteiger partial charge >= 0.3 is 0 Å². The quantitative estimate of drug-likeness (QED) is 0.671. The van der Waals surface area contributed by atoms with Gasteiger partial charge in [-0.05, 0) is 29.8 Å². The van der Waals surface area contributed by atoms with Crippen molar-refractivity contribution < 1.29 is 28.5 Å². The molecule has 6 rings (SSSR count). The molecule has 35 heavy (non-hydrogen) atoms. The van der Waals surface area contributed by atoms with Crippen LogP contribution in [0.1, 0.15) is 12.0 Å². The summed E-state index contributed by atoms with van der Waals surface area (Å²) in [5.74, 6) is 2.67. The van der Waals surface area contributed by atoms with Crippen LogP contribution in [0, 0.1) is 0 Å². The number of amides is 2. The van der Waals surface area contributed by atoms with Crippen LogP contribution in [0.4, 0.5) is 5.69 Å². The first-order valence-corrected chi connectivity index (χ1v) is 11.5. The Labute approximate surface area is 201 Å². The van der Waals surface area contributed by atoms with Crippen molar-refractivity contribution in [3.63, 3.8) is 0 Å². The van der Waals surface area contributed by atoms with Crippen LogP contribution in [0.25, 0.3) is 0 Å². The van der Waals surface area contributed by atoms with Gasteiger partial charge < -0.3 is 29.2 Å². The molecule has 0 bridgehead atoms. The topological polar surface area (TPSA) is 114 Å². The highest BCUT2D eigenvalue weighted by Crippen LogP contribution is 2.34. The van der Waals surface area contributed by atoms with Gasteiger partial charge in [-0.1, -0.05) is 6.07 Å². The second kappa shape index (κ2) is 8.99. The van der Waals surface area contributed by atoms with E-state index in [9.17, 15) is 9.59 Å². The Morgan fingerprint density at radius 2 is 1.63 bits per heavy atom. The Balaban J connectivity index is 1.07. The van der Waals surface area contributed by atoms with E-state index in [1.165, 1.54) is 0 Å². The fraction of sp³-hybridized carbons (Fsp3) is 0.375. The number of guanidine groups is 1. The Hall–Kier alpha value is -3.99. The number of nitrogens with zero attached hydrogens (tertiary/aromatic N) is 3. The van der Waals surface area contributed by atoms with Gasteiger partial charge in [-0.25, -0.2) is 4.99 Å². The Kier molecular flexibility index (Phi) is 5.53. The van der Waals surface area contributed by atoms with Gasteiger partial charge in [0.2, 0.25) is 31.4 Å². The van der Waals surface area contributed by atoms with E-state index >= 15 is 0 Å². The van der Waals surface area contributed by atoms with E-state index in [4.69, 9.17) is 18.9 Å². The summed E-state index contributed by atoms with van der Waals surface area (Å²) in [5, 5.41) is 5.66. The van der Waals surface area contributed by atoms with E-state index in [0.717, 1.165) is 36.7 Å². The summed E-state index contributed by atoms with van der Waals surface area (Å²) < 4.78 is 21.5. The number of carbonyl (C=O) groups excluding carboxylic acids is 2. The summed E-state index contributed by atoms with van der Waals surface area (Å²) in [4.78, 5) is 34.2.